The Labute approximate surface area is 161 Å². The normalized spacial score (nSPS) is 12.8. The van der Waals surface area contributed by atoms with Crippen LogP contribution in [0.4, 0.5) is 0 Å². The first kappa shape index (κ1) is 20.6. The topological polar surface area (TPSA) is 56.8 Å². The van der Waals surface area contributed by atoms with Crippen molar-refractivity contribution in [2.75, 3.05) is 14.2 Å². The molecule has 0 spiro atoms. The lowest BCUT2D eigenvalue weighted by Crippen LogP contribution is -2.39. The number of hydrogen-bond donors (Lipinski definition) is 1. The minimum atomic E-state index is -0.565. The first-order valence-corrected chi connectivity index (χ1v) is 9.15. The Morgan fingerprint density at radius 2 is 1.78 bits per heavy atom. The van der Waals surface area contributed by atoms with Gasteiger partial charge >= 0.3 is 0 Å². The molecule has 5 nitrogen and oxygen atoms in total. The number of carbonyl (C=O) groups excluding carboxylic acids is 1. The van der Waals surface area contributed by atoms with Crippen LogP contribution in [0.1, 0.15) is 43.0 Å². The van der Waals surface area contributed by atoms with Gasteiger partial charge in [0.2, 0.25) is 0 Å². The molecule has 27 heavy (non-hydrogen) atoms. The summed E-state index contributed by atoms with van der Waals surface area (Å²) in [7, 11) is 3.22. The second kappa shape index (κ2) is 9.31. The second-order valence-electron chi connectivity index (χ2n) is 6.62. The molecular weight excluding hydrogens is 342 g/mol. The number of rotatable bonds is 8. The van der Waals surface area contributed by atoms with Crippen LogP contribution in [-0.4, -0.2) is 26.2 Å². The van der Waals surface area contributed by atoms with E-state index in [0.717, 1.165) is 22.4 Å². The van der Waals surface area contributed by atoms with E-state index in [4.69, 9.17) is 14.2 Å². The summed E-state index contributed by atoms with van der Waals surface area (Å²) in [5.74, 6) is 2.00. The summed E-state index contributed by atoms with van der Waals surface area (Å²) in [5.41, 5.74) is 2.96. The zero-order valence-electron chi connectivity index (χ0n) is 17.0. The molecule has 1 N–H and O–H groups in total. The number of methoxy groups -OCH3 is 2. The quantitative estimate of drug-likeness (QED) is 0.749. The smallest absolute Gasteiger partial charge is 0.261 e. The molecule has 1 amide bonds. The first-order valence-electron chi connectivity index (χ1n) is 9.15. The molecule has 0 saturated heterocycles. The van der Waals surface area contributed by atoms with Crippen molar-refractivity contribution in [1.29, 1.82) is 0 Å². The third-order valence-electron chi connectivity index (χ3n) is 4.54. The van der Waals surface area contributed by atoms with E-state index in [1.54, 1.807) is 14.2 Å². The van der Waals surface area contributed by atoms with Gasteiger partial charge in [0, 0.05) is 5.56 Å². The van der Waals surface area contributed by atoms with Gasteiger partial charge in [-0.15, -0.1) is 0 Å². The van der Waals surface area contributed by atoms with E-state index >= 15 is 0 Å². The van der Waals surface area contributed by atoms with Crippen LogP contribution in [0.15, 0.2) is 36.4 Å². The molecule has 5 heteroatoms. The second-order valence-corrected chi connectivity index (χ2v) is 6.62. The molecule has 0 aliphatic carbocycles. The highest BCUT2D eigenvalue weighted by Gasteiger charge is 2.23. The lowest BCUT2D eigenvalue weighted by molar-refractivity contribution is -0.128. The van der Waals surface area contributed by atoms with Crippen molar-refractivity contribution >= 4 is 5.91 Å². The van der Waals surface area contributed by atoms with Gasteiger partial charge in [-0.2, -0.15) is 0 Å². The maximum atomic E-state index is 12.8. The van der Waals surface area contributed by atoms with Crippen molar-refractivity contribution in [3.63, 3.8) is 0 Å². The highest BCUT2D eigenvalue weighted by molar-refractivity contribution is 5.81. The highest BCUT2D eigenvalue weighted by atomic mass is 16.5. The van der Waals surface area contributed by atoms with Gasteiger partial charge in [0.15, 0.2) is 6.10 Å². The number of carbonyl (C=O) groups is 1. The molecule has 0 bridgehead atoms. The van der Waals surface area contributed by atoms with E-state index < -0.39 is 6.10 Å². The Balaban J connectivity index is 2.15. The van der Waals surface area contributed by atoms with Crippen molar-refractivity contribution in [3.05, 3.63) is 53.1 Å². The molecule has 2 unspecified atom stereocenters. The predicted molar refractivity (Wildman–Crippen MR) is 107 cm³/mol. The van der Waals surface area contributed by atoms with E-state index in [2.05, 4.69) is 5.32 Å². The molecule has 2 rings (SSSR count). The Morgan fingerprint density at radius 3 is 2.41 bits per heavy atom. The van der Waals surface area contributed by atoms with Crippen LogP contribution in [0.5, 0.6) is 17.2 Å². The van der Waals surface area contributed by atoms with Crippen LogP contribution < -0.4 is 19.5 Å². The molecule has 0 radical (unpaired) electrons. The Morgan fingerprint density at radius 1 is 1.04 bits per heavy atom. The average molecular weight is 371 g/mol. The molecule has 0 aliphatic rings. The van der Waals surface area contributed by atoms with Gasteiger partial charge in [-0.25, -0.2) is 0 Å². The number of ether oxygens (including phenoxy) is 3. The van der Waals surface area contributed by atoms with E-state index in [9.17, 15) is 4.79 Å². The number of nitrogens with one attached hydrogen (secondary N) is 1. The molecule has 0 fully saturated rings. The average Bonchev–Trinajstić information content (AvgIpc) is 2.67. The molecule has 2 aromatic rings. The summed E-state index contributed by atoms with van der Waals surface area (Å²) in [6.07, 6.45) is 0.00539. The van der Waals surface area contributed by atoms with Gasteiger partial charge in [-0.05, 0) is 62.6 Å². The van der Waals surface area contributed by atoms with Crippen LogP contribution in [0.25, 0.3) is 0 Å². The molecule has 0 aliphatic heterocycles. The molecule has 2 atom stereocenters. The number of aryl methyl sites for hydroxylation is 2. The van der Waals surface area contributed by atoms with Gasteiger partial charge < -0.3 is 19.5 Å². The molecule has 2 aromatic carbocycles. The van der Waals surface area contributed by atoms with E-state index in [0.29, 0.717) is 17.9 Å². The van der Waals surface area contributed by atoms with Crippen LogP contribution >= 0.6 is 0 Å². The maximum Gasteiger partial charge on any atom is 0.261 e. The number of benzene rings is 2. The fourth-order valence-corrected chi connectivity index (χ4v) is 2.87. The van der Waals surface area contributed by atoms with Crippen LogP contribution in [-0.2, 0) is 4.79 Å². The Bertz CT molecular complexity index is 788. The fraction of sp³-hybridized carbons (Fsp3) is 0.409. The molecule has 0 aromatic heterocycles. The van der Waals surface area contributed by atoms with Crippen molar-refractivity contribution < 1.29 is 19.0 Å². The van der Waals surface area contributed by atoms with Crippen molar-refractivity contribution in [3.8, 4) is 17.2 Å². The lowest BCUT2D eigenvalue weighted by Gasteiger charge is -2.23. The molecule has 146 valence electrons. The van der Waals surface area contributed by atoms with Gasteiger partial charge in [0.05, 0.1) is 20.3 Å². The summed E-state index contributed by atoms with van der Waals surface area (Å²) in [5, 5.41) is 3.03. The molecular formula is C22H29NO4. The standard InChI is InChI=1S/C22H29NO4/c1-7-19(27-21-12-14(2)8-9-15(21)3)22(24)23-16(4)18-13-17(25-5)10-11-20(18)26-6/h8-13,16,19H,7H2,1-6H3,(H,23,24). The van der Waals surface area contributed by atoms with Crippen molar-refractivity contribution in [1.82, 2.24) is 5.32 Å². The van der Waals surface area contributed by atoms with Crippen molar-refractivity contribution in [2.24, 2.45) is 0 Å². The monoisotopic (exact) mass is 371 g/mol. The number of hydrogen-bond acceptors (Lipinski definition) is 4. The van der Waals surface area contributed by atoms with Crippen molar-refractivity contribution in [2.45, 2.75) is 46.3 Å². The zero-order chi connectivity index (χ0) is 20.0. The summed E-state index contributed by atoms with van der Waals surface area (Å²) in [6, 6.07) is 11.3. The predicted octanol–water partition coefficient (Wildman–Crippen LogP) is 4.36. The van der Waals surface area contributed by atoms with Crippen LogP contribution in [0.2, 0.25) is 0 Å². The summed E-state index contributed by atoms with van der Waals surface area (Å²) >= 11 is 0. The van der Waals surface area contributed by atoms with Crippen LogP contribution in [0, 0.1) is 13.8 Å². The summed E-state index contributed by atoms with van der Waals surface area (Å²) in [4.78, 5) is 12.8. The summed E-state index contributed by atoms with van der Waals surface area (Å²) in [6.45, 7) is 7.83. The highest BCUT2D eigenvalue weighted by Crippen LogP contribution is 2.29. The minimum Gasteiger partial charge on any atom is -0.497 e. The van der Waals surface area contributed by atoms with Gasteiger partial charge in [-0.1, -0.05) is 19.1 Å². The Kier molecular flexibility index (Phi) is 7.11. The fourth-order valence-electron chi connectivity index (χ4n) is 2.87. The van der Waals surface area contributed by atoms with Gasteiger partial charge in [0.25, 0.3) is 5.91 Å². The van der Waals surface area contributed by atoms with Gasteiger partial charge in [0.1, 0.15) is 17.2 Å². The maximum absolute atomic E-state index is 12.8. The summed E-state index contributed by atoms with van der Waals surface area (Å²) < 4.78 is 16.7. The SMILES string of the molecule is CCC(Oc1cc(C)ccc1C)C(=O)NC(C)c1cc(OC)ccc1OC. The van der Waals surface area contributed by atoms with E-state index in [-0.39, 0.29) is 11.9 Å². The molecule has 0 saturated carbocycles. The largest absolute Gasteiger partial charge is 0.497 e. The minimum absolute atomic E-state index is 0.157. The zero-order valence-corrected chi connectivity index (χ0v) is 17.0. The lowest BCUT2D eigenvalue weighted by atomic mass is 10.1. The van der Waals surface area contributed by atoms with Gasteiger partial charge in [-0.3, -0.25) is 4.79 Å². The third-order valence-corrected chi connectivity index (χ3v) is 4.54. The Hall–Kier alpha value is -2.69. The van der Waals surface area contributed by atoms with Crippen LogP contribution in [0.3, 0.4) is 0 Å². The van der Waals surface area contributed by atoms with E-state index in [1.807, 2.05) is 64.1 Å². The van der Waals surface area contributed by atoms with E-state index in [1.165, 1.54) is 0 Å². The first-order chi connectivity index (χ1) is 12.9. The molecule has 0 heterocycles. The number of amides is 1. The third kappa shape index (κ3) is 5.16.